The van der Waals surface area contributed by atoms with Crippen molar-refractivity contribution in [1.82, 2.24) is 14.8 Å². The van der Waals surface area contributed by atoms with Gasteiger partial charge in [-0.3, -0.25) is 9.78 Å². The predicted octanol–water partition coefficient (Wildman–Crippen LogP) is 3.95. The van der Waals surface area contributed by atoms with Crippen LogP contribution in [0.25, 0.3) is 5.69 Å². The Morgan fingerprint density at radius 2 is 1.91 bits per heavy atom. The predicted molar refractivity (Wildman–Crippen MR) is 106 cm³/mol. The van der Waals surface area contributed by atoms with Crippen LogP contribution in [0.4, 0.5) is 17.6 Å². The SMILES string of the molecule is NC(=O)c1cc(C(F)(F)F)nn1-c1cc(C(O)(CCC2CC2)c2ccccn2)ccc1F. The van der Waals surface area contributed by atoms with Crippen LogP contribution >= 0.6 is 0 Å². The van der Waals surface area contributed by atoms with Gasteiger partial charge in [0.05, 0.1) is 5.69 Å². The van der Waals surface area contributed by atoms with E-state index in [4.69, 9.17) is 5.73 Å². The number of amides is 1. The van der Waals surface area contributed by atoms with Crippen LogP contribution in [0, 0.1) is 11.7 Å². The highest BCUT2D eigenvalue weighted by Crippen LogP contribution is 2.41. The number of carbonyl (C=O) groups is 1. The smallest absolute Gasteiger partial charge is 0.379 e. The maximum absolute atomic E-state index is 14.7. The fraction of sp³-hybridized carbons (Fsp3) is 0.318. The molecule has 1 aliphatic carbocycles. The zero-order valence-corrected chi connectivity index (χ0v) is 16.8. The van der Waals surface area contributed by atoms with Gasteiger partial charge in [-0.15, -0.1) is 0 Å². The zero-order chi connectivity index (χ0) is 23.1. The molecule has 0 bridgehead atoms. The maximum atomic E-state index is 14.7. The first kappa shape index (κ1) is 21.9. The molecule has 6 nitrogen and oxygen atoms in total. The second-order valence-corrected chi connectivity index (χ2v) is 7.91. The summed E-state index contributed by atoms with van der Waals surface area (Å²) in [6.07, 6.45) is -0.245. The summed E-state index contributed by atoms with van der Waals surface area (Å²) in [5.41, 5.74) is 1.69. The van der Waals surface area contributed by atoms with E-state index < -0.39 is 40.6 Å². The number of primary amides is 1. The number of nitrogens with zero attached hydrogens (tertiary/aromatic N) is 3. The lowest BCUT2D eigenvalue weighted by Gasteiger charge is -2.29. The number of nitrogens with two attached hydrogens (primary N) is 1. The Labute approximate surface area is 180 Å². The van der Waals surface area contributed by atoms with E-state index in [0.717, 1.165) is 18.9 Å². The largest absolute Gasteiger partial charge is 0.435 e. The van der Waals surface area contributed by atoms with Gasteiger partial charge in [0.25, 0.3) is 5.91 Å². The minimum absolute atomic E-state index is 0.215. The van der Waals surface area contributed by atoms with E-state index in [1.165, 1.54) is 18.3 Å². The van der Waals surface area contributed by atoms with E-state index >= 15 is 0 Å². The average molecular weight is 448 g/mol. The fourth-order valence-electron chi connectivity index (χ4n) is 3.66. The third-order valence-corrected chi connectivity index (χ3v) is 5.60. The van der Waals surface area contributed by atoms with E-state index in [9.17, 15) is 27.5 Å². The first-order valence-corrected chi connectivity index (χ1v) is 10.0. The number of rotatable bonds is 7. The van der Waals surface area contributed by atoms with E-state index in [1.54, 1.807) is 18.2 Å². The van der Waals surface area contributed by atoms with Crippen LogP contribution in [0.1, 0.15) is 53.1 Å². The summed E-state index contributed by atoms with van der Waals surface area (Å²) in [5, 5.41) is 15.0. The lowest BCUT2D eigenvalue weighted by Crippen LogP contribution is -2.29. The quantitative estimate of drug-likeness (QED) is 0.535. The van der Waals surface area contributed by atoms with Gasteiger partial charge in [0, 0.05) is 12.3 Å². The van der Waals surface area contributed by atoms with Crippen molar-refractivity contribution in [3.63, 3.8) is 0 Å². The van der Waals surface area contributed by atoms with Crippen molar-refractivity contribution in [3.8, 4) is 5.69 Å². The summed E-state index contributed by atoms with van der Waals surface area (Å²) >= 11 is 0. The Balaban J connectivity index is 1.84. The maximum Gasteiger partial charge on any atom is 0.435 e. The molecule has 10 heteroatoms. The molecule has 0 radical (unpaired) electrons. The lowest BCUT2D eigenvalue weighted by molar-refractivity contribution is -0.141. The van der Waals surface area contributed by atoms with Crippen LogP contribution in [-0.4, -0.2) is 25.8 Å². The molecule has 3 N–H and O–H groups in total. The van der Waals surface area contributed by atoms with Crippen molar-refractivity contribution in [2.75, 3.05) is 0 Å². The molecule has 1 aromatic carbocycles. The third-order valence-electron chi connectivity index (χ3n) is 5.60. The Hall–Kier alpha value is -3.27. The van der Waals surface area contributed by atoms with Crippen LogP contribution in [0.5, 0.6) is 0 Å². The van der Waals surface area contributed by atoms with Crippen molar-refractivity contribution in [1.29, 1.82) is 0 Å². The van der Waals surface area contributed by atoms with Gasteiger partial charge in [0.2, 0.25) is 0 Å². The molecule has 4 rings (SSSR count). The highest BCUT2D eigenvalue weighted by molar-refractivity contribution is 5.91. The summed E-state index contributed by atoms with van der Waals surface area (Å²) < 4.78 is 54.7. The highest BCUT2D eigenvalue weighted by Gasteiger charge is 2.38. The molecule has 1 saturated carbocycles. The summed E-state index contributed by atoms with van der Waals surface area (Å²) in [6.45, 7) is 0. The molecule has 32 heavy (non-hydrogen) atoms. The van der Waals surface area contributed by atoms with Gasteiger partial charge in [-0.05, 0) is 48.6 Å². The van der Waals surface area contributed by atoms with Gasteiger partial charge in [-0.1, -0.05) is 25.0 Å². The van der Waals surface area contributed by atoms with E-state index in [-0.39, 0.29) is 12.0 Å². The summed E-state index contributed by atoms with van der Waals surface area (Å²) in [7, 11) is 0. The Bertz CT molecular complexity index is 1140. The normalized spacial score (nSPS) is 16.0. The molecule has 168 valence electrons. The zero-order valence-electron chi connectivity index (χ0n) is 16.8. The number of aliphatic hydroxyl groups is 1. The molecular formula is C22H20F4N4O2. The van der Waals surface area contributed by atoms with Crippen molar-refractivity contribution in [3.05, 3.63) is 77.1 Å². The number of halogens is 4. The fourth-order valence-corrected chi connectivity index (χ4v) is 3.66. The minimum atomic E-state index is -4.86. The second-order valence-electron chi connectivity index (χ2n) is 7.91. The van der Waals surface area contributed by atoms with Crippen LogP contribution in [0.2, 0.25) is 0 Å². The molecule has 1 unspecified atom stereocenters. The number of pyridine rings is 1. The molecule has 1 aliphatic rings. The van der Waals surface area contributed by atoms with Crippen LogP contribution < -0.4 is 5.73 Å². The molecule has 0 aliphatic heterocycles. The molecule has 2 aromatic heterocycles. The average Bonchev–Trinajstić information content (AvgIpc) is 3.47. The van der Waals surface area contributed by atoms with Crippen molar-refractivity contribution < 1.29 is 27.5 Å². The van der Waals surface area contributed by atoms with Crippen LogP contribution in [0.3, 0.4) is 0 Å². The summed E-state index contributed by atoms with van der Waals surface area (Å²) in [6, 6.07) is 9.00. The molecular weight excluding hydrogens is 428 g/mol. The molecule has 2 heterocycles. The second kappa shape index (κ2) is 8.01. The van der Waals surface area contributed by atoms with E-state index in [2.05, 4.69) is 10.1 Å². The number of aromatic nitrogens is 3. The van der Waals surface area contributed by atoms with E-state index in [1.807, 2.05) is 0 Å². The molecule has 1 atom stereocenters. The Morgan fingerprint density at radius 3 is 2.50 bits per heavy atom. The Morgan fingerprint density at radius 1 is 1.16 bits per heavy atom. The third kappa shape index (κ3) is 4.22. The minimum Gasteiger partial charge on any atom is -0.379 e. The molecule has 0 saturated heterocycles. The van der Waals surface area contributed by atoms with Gasteiger partial charge in [-0.2, -0.15) is 18.3 Å². The Kier molecular flexibility index (Phi) is 5.49. The van der Waals surface area contributed by atoms with Gasteiger partial charge in [-0.25, -0.2) is 9.07 Å². The number of hydrogen-bond acceptors (Lipinski definition) is 4. The van der Waals surface area contributed by atoms with Gasteiger partial charge >= 0.3 is 6.18 Å². The first-order valence-electron chi connectivity index (χ1n) is 10.0. The van der Waals surface area contributed by atoms with Gasteiger partial charge in [0.15, 0.2) is 5.69 Å². The highest BCUT2D eigenvalue weighted by atomic mass is 19.4. The van der Waals surface area contributed by atoms with Gasteiger partial charge < -0.3 is 10.8 Å². The number of hydrogen-bond donors (Lipinski definition) is 2. The number of benzene rings is 1. The molecule has 1 amide bonds. The number of carbonyl (C=O) groups excluding carboxylic acids is 1. The topological polar surface area (TPSA) is 94.0 Å². The summed E-state index contributed by atoms with van der Waals surface area (Å²) in [5.74, 6) is -1.66. The lowest BCUT2D eigenvalue weighted by atomic mass is 9.84. The number of alkyl halides is 3. The molecule has 1 fully saturated rings. The first-order chi connectivity index (χ1) is 15.1. The molecule has 3 aromatic rings. The van der Waals surface area contributed by atoms with Crippen molar-refractivity contribution in [2.24, 2.45) is 11.7 Å². The van der Waals surface area contributed by atoms with Crippen molar-refractivity contribution in [2.45, 2.75) is 37.5 Å². The monoisotopic (exact) mass is 448 g/mol. The molecule has 0 spiro atoms. The van der Waals surface area contributed by atoms with Crippen molar-refractivity contribution >= 4 is 5.91 Å². The van der Waals surface area contributed by atoms with Gasteiger partial charge in [0.1, 0.15) is 22.8 Å². The van der Waals surface area contributed by atoms with Crippen LogP contribution in [0.15, 0.2) is 48.7 Å². The summed E-state index contributed by atoms with van der Waals surface area (Å²) in [4.78, 5) is 16.0. The van der Waals surface area contributed by atoms with Crippen LogP contribution in [-0.2, 0) is 11.8 Å². The van der Waals surface area contributed by atoms with E-state index in [0.29, 0.717) is 28.8 Å². The standard InChI is InChI=1S/C22H20F4N4O2/c23-15-7-6-14(21(32,9-8-13-4-5-13)18-3-1-2-10-28-18)11-16(15)30-17(20(27)31)12-19(29-30)22(24,25)26/h1-3,6-7,10-13,32H,4-5,8-9H2,(H2,27,31).